The Hall–Kier alpha value is -1.84. The van der Waals surface area contributed by atoms with E-state index in [0.717, 1.165) is 28.9 Å². The molecule has 20 heavy (non-hydrogen) atoms. The third-order valence-corrected chi connectivity index (χ3v) is 3.62. The van der Waals surface area contributed by atoms with E-state index in [2.05, 4.69) is 6.07 Å². The van der Waals surface area contributed by atoms with E-state index in [1.54, 1.807) is 7.11 Å². The molecule has 0 bridgehead atoms. The molecule has 0 fully saturated rings. The minimum absolute atomic E-state index is 0.546. The Morgan fingerprint density at radius 1 is 1.25 bits per heavy atom. The number of aliphatic hydroxyl groups excluding tert-OH is 1. The quantitative estimate of drug-likeness (QED) is 0.928. The topological polar surface area (TPSA) is 38.7 Å². The Kier molecular flexibility index (Phi) is 3.72. The summed E-state index contributed by atoms with van der Waals surface area (Å²) in [4.78, 5) is 0. The van der Waals surface area contributed by atoms with Crippen molar-refractivity contribution in [2.45, 2.75) is 19.1 Å². The number of benzene rings is 2. The van der Waals surface area contributed by atoms with Crippen LogP contribution in [0.2, 0.25) is 0 Å². The minimum Gasteiger partial charge on any atom is -0.493 e. The molecule has 1 aliphatic heterocycles. The van der Waals surface area contributed by atoms with Crippen LogP contribution in [0.25, 0.3) is 0 Å². The van der Waals surface area contributed by atoms with E-state index in [-0.39, 0.29) is 0 Å². The summed E-state index contributed by atoms with van der Waals surface area (Å²) < 4.78 is 10.8. The second-order valence-corrected chi connectivity index (χ2v) is 5.01. The Balaban J connectivity index is 1.95. The van der Waals surface area contributed by atoms with E-state index >= 15 is 0 Å². The molecule has 0 amide bonds. The molecule has 1 unspecified atom stereocenters. The van der Waals surface area contributed by atoms with Crippen LogP contribution in [0.1, 0.15) is 28.4 Å². The zero-order valence-electron chi connectivity index (χ0n) is 11.5. The summed E-state index contributed by atoms with van der Waals surface area (Å²) in [5.41, 5.74) is 3.94. The third kappa shape index (κ3) is 2.42. The van der Waals surface area contributed by atoms with Crippen molar-refractivity contribution >= 4 is 0 Å². The van der Waals surface area contributed by atoms with Crippen LogP contribution in [-0.4, -0.2) is 18.8 Å². The lowest BCUT2D eigenvalue weighted by molar-refractivity contribution is 0.184. The highest BCUT2D eigenvalue weighted by atomic mass is 16.5. The van der Waals surface area contributed by atoms with Crippen molar-refractivity contribution < 1.29 is 14.6 Å². The van der Waals surface area contributed by atoms with E-state index < -0.39 is 6.10 Å². The number of hydrogen-bond donors (Lipinski definition) is 1. The van der Waals surface area contributed by atoms with E-state index in [4.69, 9.17) is 9.47 Å². The van der Waals surface area contributed by atoms with Gasteiger partial charge in [-0.2, -0.15) is 0 Å². The summed E-state index contributed by atoms with van der Waals surface area (Å²) in [6.45, 7) is 1.24. The van der Waals surface area contributed by atoms with Crippen molar-refractivity contribution in [3.63, 3.8) is 0 Å². The molecule has 1 atom stereocenters. The van der Waals surface area contributed by atoms with Crippen molar-refractivity contribution in [2.75, 3.05) is 13.7 Å². The molecule has 3 heteroatoms. The van der Waals surface area contributed by atoms with Gasteiger partial charge >= 0.3 is 0 Å². The van der Waals surface area contributed by atoms with Gasteiger partial charge in [0.25, 0.3) is 0 Å². The molecule has 3 rings (SSSR count). The fraction of sp³-hybridized carbons (Fsp3) is 0.294. The van der Waals surface area contributed by atoms with Gasteiger partial charge in [0.2, 0.25) is 0 Å². The normalized spacial score (nSPS) is 14.7. The molecule has 104 valence electrons. The van der Waals surface area contributed by atoms with Crippen LogP contribution in [0.3, 0.4) is 0 Å². The van der Waals surface area contributed by atoms with Gasteiger partial charge in [0, 0.05) is 19.1 Å². The smallest absolute Gasteiger partial charge is 0.128 e. The SMILES string of the molecule is COCc1cccc(C(O)c2cccc3c2OCC3)c1. The molecule has 3 nitrogen and oxygen atoms in total. The molecule has 2 aromatic rings. The lowest BCUT2D eigenvalue weighted by Gasteiger charge is -2.15. The van der Waals surface area contributed by atoms with Crippen LogP contribution < -0.4 is 4.74 Å². The number of methoxy groups -OCH3 is 1. The average molecular weight is 270 g/mol. The molecule has 0 saturated heterocycles. The van der Waals surface area contributed by atoms with Crippen LogP contribution in [-0.2, 0) is 17.8 Å². The molecular formula is C17H18O3. The maximum absolute atomic E-state index is 10.6. The summed E-state index contributed by atoms with van der Waals surface area (Å²) >= 11 is 0. The molecule has 0 spiro atoms. The van der Waals surface area contributed by atoms with Gasteiger partial charge in [0.1, 0.15) is 11.9 Å². The van der Waals surface area contributed by atoms with Crippen molar-refractivity contribution in [2.24, 2.45) is 0 Å². The van der Waals surface area contributed by atoms with Crippen LogP contribution in [0, 0.1) is 0 Å². The van der Waals surface area contributed by atoms with Crippen molar-refractivity contribution in [1.29, 1.82) is 0 Å². The Labute approximate surface area is 118 Å². The van der Waals surface area contributed by atoms with Crippen LogP contribution >= 0.6 is 0 Å². The van der Waals surface area contributed by atoms with Gasteiger partial charge in [-0.1, -0.05) is 42.5 Å². The number of hydrogen-bond acceptors (Lipinski definition) is 3. The summed E-state index contributed by atoms with van der Waals surface area (Å²) in [7, 11) is 1.67. The highest BCUT2D eigenvalue weighted by Gasteiger charge is 2.21. The predicted octanol–water partition coefficient (Wildman–Crippen LogP) is 2.85. The number of fused-ring (bicyclic) bond motifs is 1. The summed E-state index contributed by atoms with van der Waals surface area (Å²) in [5, 5.41) is 10.6. The van der Waals surface area contributed by atoms with Gasteiger partial charge in [0.05, 0.1) is 13.2 Å². The first kappa shape index (κ1) is 13.2. The highest BCUT2D eigenvalue weighted by molar-refractivity contribution is 5.48. The maximum Gasteiger partial charge on any atom is 0.128 e. The average Bonchev–Trinajstić information content (AvgIpc) is 2.95. The van der Waals surface area contributed by atoms with Gasteiger partial charge in [-0.25, -0.2) is 0 Å². The third-order valence-electron chi connectivity index (χ3n) is 3.62. The van der Waals surface area contributed by atoms with E-state index in [0.29, 0.717) is 13.2 Å². The Bertz CT molecular complexity index is 607. The molecule has 1 heterocycles. The Morgan fingerprint density at radius 2 is 2.10 bits per heavy atom. The standard InChI is InChI=1S/C17H18O3/c1-19-11-12-4-2-6-14(10-12)16(18)15-7-3-5-13-8-9-20-17(13)15/h2-7,10,16,18H,8-9,11H2,1H3. The van der Waals surface area contributed by atoms with Gasteiger partial charge in [0.15, 0.2) is 0 Å². The van der Waals surface area contributed by atoms with E-state index in [1.807, 2.05) is 36.4 Å². The molecule has 0 radical (unpaired) electrons. The van der Waals surface area contributed by atoms with Gasteiger partial charge in [-0.05, 0) is 16.7 Å². The lowest BCUT2D eigenvalue weighted by atomic mass is 9.97. The van der Waals surface area contributed by atoms with Crippen molar-refractivity contribution in [1.82, 2.24) is 0 Å². The maximum atomic E-state index is 10.6. The van der Waals surface area contributed by atoms with E-state index in [9.17, 15) is 5.11 Å². The summed E-state index contributed by atoms with van der Waals surface area (Å²) in [6.07, 6.45) is 0.249. The molecule has 0 saturated carbocycles. The number of ether oxygens (including phenoxy) is 2. The second kappa shape index (κ2) is 5.65. The highest BCUT2D eigenvalue weighted by Crippen LogP contribution is 2.36. The largest absolute Gasteiger partial charge is 0.493 e. The monoisotopic (exact) mass is 270 g/mol. The predicted molar refractivity (Wildman–Crippen MR) is 76.9 cm³/mol. The van der Waals surface area contributed by atoms with Gasteiger partial charge in [-0.3, -0.25) is 0 Å². The van der Waals surface area contributed by atoms with Gasteiger partial charge < -0.3 is 14.6 Å². The lowest BCUT2D eigenvalue weighted by Crippen LogP contribution is -2.03. The van der Waals surface area contributed by atoms with Crippen LogP contribution in [0.5, 0.6) is 5.75 Å². The first-order chi connectivity index (χ1) is 9.79. The number of aliphatic hydroxyl groups is 1. The molecule has 0 aliphatic carbocycles. The molecular weight excluding hydrogens is 252 g/mol. The number of rotatable bonds is 4. The first-order valence-corrected chi connectivity index (χ1v) is 6.80. The van der Waals surface area contributed by atoms with Crippen LogP contribution in [0.4, 0.5) is 0 Å². The minimum atomic E-state index is -0.667. The van der Waals surface area contributed by atoms with E-state index in [1.165, 1.54) is 5.56 Å². The molecule has 1 aliphatic rings. The molecule has 2 aromatic carbocycles. The van der Waals surface area contributed by atoms with Crippen LogP contribution in [0.15, 0.2) is 42.5 Å². The zero-order chi connectivity index (χ0) is 13.9. The zero-order valence-corrected chi connectivity index (χ0v) is 11.5. The number of para-hydroxylation sites is 1. The van der Waals surface area contributed by atoms with Crippen molar-refractivity contribution in [3.8, 4) is 5.75 Å². The second-order valence-electron chi connectivity index (χ2n) is 5.01. The van der Waals surface area contributed by atoms with Crippen molar-refractivity contribution in [3.05, 3.63) is 64.7 Å². The van der Waals surface area contributed by atoms with Gasteiger partial charge in [-0.15, -0.1) is 0 Å². The molecule has 1 N–H and O–H groups in total. The fourth-order valence-electron chi connectivity index (χ4n) is 2.66. The summed E-state index contributed by atoms with van der Waals surface area (Å²) in [5.74, 6) is 0.845. The Morgan fingerprint density at radius 3 is 2.95 bits per heavy atom. The fourth-order valence-corrected chi connectivity index (χ4v) is 2.66. The summed E-state index contributed by atoms with van der Waals surface area (Å²) in [6, 6.07) is 13.8. The first-order valence-electron chi connectivity index (χ1n) is 6.80. The molecule has 0 aromatic heterocycles.